The van der Waals surface area contributed by atoms with Crippen LogP contribution in [0.3, 0.4) is 0 Å². The Kier molecular flexibility index (Phi) is 10.9. The summed E-state index contributed by atoms with van der Waals surface area (Å²) in [7, 11) is 0. The Balaban J connectivity index is 0.00000490. The summed E-state index contributed by atoms with van der Waals surface area (Å²) in [4.78, 5) is 4.94. The van der Waals surface area contributed by atoms with Gasteiger partial charge in [0.05, 0.1) is 5.69 Å². The van der Waals surface area contributed by atoms with Crippen LogP contribution in [0.25, 0.3) is 38.8 Å². The maximum Gasteiger partial charge on any atom is 0.225 e. The Morgan fingerprint density at radius 2 is 1.31 bits per heavy atom. The van der Waals surface area contributed by atoms with E-state index in [4.69, 9.17) is 9.72 Å². The van der Waals surface area contributed by atoms with Crippen molar-refractivity contribution in [2.45, 2.75) is 91.4 Å². The summed E-state index contributed by atoms with van der Waals surface area (Å²) in [5.74, 6) is 3.12. The summed E-state index contributed by atoms with van der Waals surface area (Å²) in [6.07, 6.45) is 6.21. The fourth-order valence-corrected chi connectivity index (χ4v) is 10.1. The quantitative estimate of drug-likeness (QED) is 0.0693. The van der Waals surface area contributed by atoms with E-state index in [1.54, 1.807) is 0 Å². The summed E-state index contributed by atoms with van der Waals surface area (Å²) in [5, 5.41) is 2.29. The van der Waals surface area contributed by atoms with Crippen LogP contribution in [0.2, 0.25) is 0 Å². The van der Waals surface area contributed by atoms with Gasteiger partial charge in [0.15, 0.2) is 12.4 Å². The van der Waals surface area contributed by atoms with Gasteiger partial charge in [-0.1, -0.05) is 140 Å². The van der Waals surface area contributed by atoms with Crippen LogP contribution < -0.4 is 13.9 Å². The largest absolute Gasteiger partial charge is 0.509 e. The first kappa shape index (κ1) is 42.0. The average molecular weight is 995 g/mol. The van der Waals surface area contributed by atoms with Gasteiger partial charge in [0.25, 0.3) is 0 Å². The topological polar surface area (TPSA) is 27.1 Å². The molecule has 8 aromatic rings. The van der Waals surface area contributed by atoms with Gasteiger partial charge in [-0.3, -0.25) is 0 Å². The minimum absolute atomic E-state index is 0. The van der Waals surface area contributed by atoms with Crippen molar-refractivity contribution >= 4 is 44.6 Å². The molecule has 5 nitrogen and oxygen atoms in total. The van der Waals surface area contributed by atoms with Gasteiger partial charge < -0.3 is 9.30 Å². The molecule has 2 aliphatic rings. The SMILES string of the molecule is CCC(CC)c1cc(Oc2[c-]c3c(cc2)c2ccccc2n3-c2cc(C(CC)CC)ccn2)[c-]c([N+]23[CH-][N@+]2(c2cc(-c4ccccc4)cc(C(C)(C)C)c2)c2ccccc23)c1.[Pt]. The van der Waals surface area contributed by atoms with Crippen molar-refractivity contribution in [1.82, 2.24) is 18.7 Å². The second kappa shape index (κ2) is 16.1. The van der Waals surface area contributed by atoms with Crippen LogP contribution in [0.1, 0.15) is 103 Å². The molecule has 0 saturated carbocycles. The summed E-state index contributed by atoms with van der Waals surface area (Å²) in [6, 6.07) is 56.4. The molecule has 2 aromatic heterocycles. The van der Waals surface area contributed by atoms with Crippen LogP contribution in [0.15, 0.2) is 140 Å². The number of hydrogen-bond acceptors (Lipinski definition) is 2. The first-order valence-corrected chi connectivity index (χ1v) is 22.3. The van der Waals surface area contributed by atoms with Crippen molar-refractivity contribution in [3.05, 3.63) is 175 Å². The van der Waals surface area contributed by atoms with Crippen LogP contribution in [0.4, 0.5) is 22.7 Å². The van der Waals surface area contributed by atoms with E-state index < -0.39 is 0 Å². The van der Waals surface area contributed by atoms with Gasteiger partial charge in [0.2, 0.25) is 11.4 Å². The van der Waals surface area contributed by atoms with E-state index in [1.807, 2.05) is 6.20 Å². The number of nitrogens with zero attached hydrogens (tertiary/aromatic N) is 4. The predicted octanol–water partition coefficient (Wildman–Crippen LogP) is 15.7. The van der Waals surface area contributed by atoms with E-state index in [0.717, 1.165) is 53.6 Å². The monoisotopic (exact) mass is 994 g/mol. The molecule has 0 radical (unpaired) electrons. The van der Waals surface area contributed by atoms with Crippen molar-refractivity contribution in [1.29, 1.82) is 0 Å². The van der Waals surface area contributed by atoms with Crippen molar-refractivity contribution in [2.24, 2.45) is 0 Å². The molecule has 2 aliphatic heterocycles. The fraction of sp³-hybridized carbons (Fsp3) is 0.250. The molecule has 316 valence electrons. The van der Waals surface area contributed by atoms with Crippen molar-refractivity contribution in [2.75, 3.05) is 0 Å². The van der Waals surface area contributed by atoms with Crippen LogP contribution in [-0.4, -0.2) is 9.55 Å². The number of benzene rings is 6. The first-order chi connectivity index (χ1) is 29.6. The van der Waals surface area contributed by atoms with Crippen molar-refractivity contribution in [3.8, 4) is 28.4 Å². The van der Waals surface area contributed by atoms with Gasteiger partial charge >= 0.3 is 0 Å². The van der Waals surface area contributed by atoms with E-state index in [9.17, 15) is 0 Å². The minimum atomic E-state index is -0.0357. The maximum atomic E-state index is 6.96. The van der Waals surface area contributed by atoms with Gasteiger partial charge in [-0.25, -0.2) is 9.58 Å². The van der Waals surface area contributed by atoms with Crippen LogP contribution >= 0.6 is 0 Å². The number of fused-ring (bicyclic) bond motifs is 7. The van der Waals surface area contributed by atoms with Gasteiger partial charge in [-0.15, -0.1) is 35.2 Å². The molecular weight excluding hydrogens is 940 g/mol. The average Bonchev–Trinajstić information content (AvgIpc) is 3.78. The molecule has 2 atom stereocenters. The second-order valence-electron chi connectivity index (χ2n) is 18.0. The van der Waals surface area contributed by atoms with E-state index in [2.05, 4.69) is 205 Å². The summed E-state index contributed by atoms with van der Waals surface area (Å²) in [6.45, 7) is 18.5. The number of quaternary nitrogens is 2. The number of pyridine rings is 1. The second-order valence-corrected chi connectivity index (χ2v) is 18.0. The number of aromatic nitrogens is 2. The molecular formula is C56H55N4OPt-. The third-order valence-electron chi connectivity index (χ3n) is 13.6. The van der Waals surface area contributed by atoms with Crippen LogP contribution in [0, 0.1) is 18.8 Å². The molecule has 0 spiro atoms. The van der Waals surface area contributed by atoms with Crippen molar-refractivity contribution < 1.29 is 25.8 Å². The number of hydrogen-bond donors (Lipinski definition) is 0. The summed E-state index contributed by atoms with van der Waals surface area (Å²) >= 11 is 0. The molecule has 10 rings (SSSR count). The smallest absolute Gasteiger partial charge is 0.225 e. The molecule has 0 bridgehead atoms. The minimum Gasteiger partial charge on any atom is -0.509 e. The van der Waals surface area contributed by atoms with Crippen LogP contribution in [-0.2, 0) is 26.5 Å². The zero-order valence-electron chi connectivity index (χ0n) is 36.9. The Bertz CT molecular complexity index is 2940. The molecule has 1 fully saturated rings. The van der Waals surface area contributed by atoms with Gasteiger partial charge in [0.1, 0.15) is 5.82 Å². The Labute approximate surface area is 382 Å². The van der Waals surface area contributed by atoms with E-state index in [0.29, 0.717) is 32.5 Å². The van der Waals surface area contributed by atoms with E-state index in [1.165, 1.54) is 50.3 Å². The zero-order valence-corrected chi connectivity index (χ0v) is 39.1. The summed E-state index contributed by atoms with van der Waals surface area (Å²) in [5.41, 5.74) is 13.3. The van der Waals surface area contributed by atoms with Crippen molar-refractivity contribution in [3.63, 3.8) is 0 Å². The maximum absolute atomic E-state index is 6.96. The number of rotatable bonds is 12. The van der Waals surface area contributed by atoms with E-state index >= 15 is 0 Å². The molecule has 6 heteroatoms. The third-order valence-corrected chi connectivity index (χ3v) is 13.6. The normalized spacial score (nSPS) is 17.8. The molecule has 62 heavy (non-hydrogen) atoms. The third kappa shape index (κ3) is 6.58. The van der Waals surface area contributed by atoms with Gasteiger partial charge in [-0.05, 0) is 75.9 Å². The van der Waals surface area contributed by atoms with Gasteiger partial charge in [-0.2, -0.15) is 10.7 Å². The molecule has 0 amide bonds. The molecule has 0 aliphatic carbocycles. The molecule has 1 saturated heterocycles. The first-order valence-electron chi connectivity index (χ1n) is 22.3. The fourth-order valence-electron chi connectivity index (χ4n) is 10.1. The molecule has 1 unspecified atom stereocenters. The predicted molar refractivity (Wildman–Crippen MR) is 254 cm³/mol. The molecule has 4 heterocycles. The molecule has 0 N–H and O–H groups in total. The van der Waals surface area contributed by atoms with Crippen LogP contribution in [0.5, 0.6) is 11.5 Å². The summed E-state index contributed by atoms with van der Waals surface area (Å²) < 4.78 is 10.4. The Morgan fingerprint density at radius 1 is 0.629 bits per heavy atom. The molecule has 6 aromatic carbocycles. The Hall–Kier alpha value is -5.32. The Morgan fingerprint density at radius 3 is 2.03 bits per heavy atom. The zero-order chi connectivity index (χ0) is 42.1. The van der Waals surface area contributed by atoms with Gasteiger partial charge in [0, 0.05) is 68.5 Å². The number of ether oxygens (including phenoxy) is 1. The van der Waals surface area contributed by atoms with E-state index in [-0.39, 0.29) is 26.5 Å². The standard InChI is InChI=1S/C56H55N4O.Pt/c1-8-38(9-2)41-27-28-57-55(33-41)58-51-22-16-15-21-49(51)50-26-25-47(36-52(50)58)61-48-32-43(39(10-3)11-4)31-46(35-48)60-37-59(60,53-23-17-18-24-54(53)60)45-30-42(40-19-13-12-14-20-40)29-44(34-45)56(5,6)7;/h12-34,37-39H,8-11H2,1-7H3;/q-1;/t59-,60?;/m0./s1. The number of para-hydroxylation sites is 3.